The predicted octanol–water partition coefficient (Wildman–Crippen LogP) is 1.84. The number of aliphatic hydroxyl groups excluding tert-OH is 1. The molecule has 0 aliphatic carbocycles. The van der Waals surface area contributed by atoms with Crippen molar-refractivity contribution in [1.29, 1.82) is 0 Å². The van der Waals surface area contributed by atoms with Crippen LogP contribution in [0.4, 0.5) is 17.6 Å². The first-order valence-electron chi connectivity index (χ1n) is 4.11. The lowest BCUT2D eigenvalue weighted by atomic mass is 10.1. The molecule has 0 aromatic heterocycles. The highest BCUT2D eigenvalue weighted by atomic mass is 19.4. The van der Waals surface area contributed by atoms with Crippen LogP contribution in [0.5, 0.6) is 0 Å². The van der Waals surface area contributed by atoms with E-state index in [1.165, 1.54) is 0 Å². The zero-order chi connectivity index (χ0) is 11.6. The van der Waals surface area contributed by atoms with Gasteiger partial charge in [-0.05, 0) is 18.2 Å². The molecule has 0 aliphatic rings. The molecule has 2 nitrogen and oxygen atoms in total. The third kappa shape index (κ3) is 2.66. The Morgan fingerprint density at radius 1 is 1.33 bits per heavy atom. The van der Waals surface area contributed by atoms with Gasteiger partial charge in [0.2, 0.25) is 0 Å². The van der Waals surface area contributed by atoms with E-state index in [2.05, 4.69) is 0 Å². The van der Waals surface area contributed by atoms with Gasteiger partial charge in [-0.3, -0.25) is 0 Å². The van der Waals surface area contributed by atoms with Crippen LogP contribution in [0, 0.1) is 5.82 Å². The van der Waals surface area contributed by atoms with Crippen LogP contribution >= 0.6 is 0 Å². The van der Waals surface area contributed by atoms with Gasteiger partial charge in [0, 0.05) is 12.1 Å². The van der Waals surface area contributed by atoms with Gasteiger partial charge >= 0.3 is 6.18 Å². The number of aliphatic hydroxyl groups is 1. The summed E-state index contributed by atoms with van der Waals surface area (Å²) in [5.74, 6) is -0.902. The Morgan fingerprint density at radius 3 is 2.40 bits per heavy atom. The van der Waals surface area contributed by atoms with E-state index in [4.69, 9.17) is 10.8 Å². The fourth-order valence-electron chi connectivity index (χ4n) is 1.10. The van der Waals surface area contributed by atoms with Gasteiger partial charge in [-0.15, -0.1) is 0 Å². The smallest absolute Gasteiger partial charge is 0.387 e. The zero-order valence-corrected chi connectivity index (χ0v) is 7.55. The Bertz CT molecular complexity index is 350. The minimum Gasteiger partial charge on any atom is -0.387 e. The van der Waals surface area contributed by atoms with Gasteiger partial charge in [0.25, 0.3) is 0 Å². The first-order chi connectivity index (χ1) is 6.86. The average molecular weight is 223 g/mol. The predicted molar refractivity (Wildman–Crippen MR) is 45.4 cm³/mol. The van der Waals surface area contributed by atoms with Gasteiger partial charge in [-0.25, -0.2) is 4.39 Å². The Balaban J connectivity index is 3.17. The largest absolute Gasteiger partial charge is 0.416 e. The van der Waals surface area contributed by atoms with E-state index in [-0.39, 0.29) is 6.54 Å². The summed E-state index contributed by atoms with van der Waals surface area (Å²) in [6, 6.07) is 1.84. The van der Waals surface area contributed by atoms with Crippen LogP contribution in [-0.4, -0.2) is 11.7 Å². The molecule has 0 unspecified atom stereocenters. The molecular formula is C9H9F4NO. The topological polar surface area (TPSA) is 46.2 Å². The summed E-state index contributed by atoms with van der Waals surface area (Å²) in [4.78, 5) is 0. The summed E-state index contributed by atoms with van der Waals surface area (Å²) in [5, 5.41) is 9.17. The summed E-state index contributed by atoms with van der Waals surface area (Å²) < 4.78 is 49.7. The summed E-state index contributed by atoms with van der Waals surface area (Å²) >= 11 is 0. The normalized spacial score (nSPS) is 14.0. The highest BCUT2D eigenvalue weighted by Gasteiger charge is 2.31. The third-order valence-corrected chi connectivity index (χ3v) is 1.91. The second-order valence-electron chi connectivity index (χ2n) is 2.99. The number of benzene rings is 1. The molecule has 1 aromatic carbocycles. The maximum absolute atomic E-state index is 13.0. The lowest BCUT2D eigenvalue weighted by Crippen LogP contribution is -2.15. The standard InChI is InChI=1S/C9H9F4NO/c10-7-2-1-5(9(11,12)13)3-6(7)8(15)4-14/h1-3,8,15H,4,14H2/t8-/m0/s1. The SMILES string of the molecule is NC[C@H](O)c1cc(C(F)(F)F)ccc1F. The summed E-state index contributed by atoms with van der Waals surface area (Å²) in [6.07, 6.45) is -5.98. The van der Waals surface area contributed by atoms with Crippen molar-refractivity contribution in [2.24, 2.45) is 5.73 Å². The van der Waals surface area contributed by atoms with Crippen LogP contribution in [0.3, 0.4) is 0 Å². The Hall–Kier alpha value is -1.14. The highest BCUT2D eigenvalue weighted by Crippen LogP contribution is 2.31. The van der Waals surface area contributed by atoms with Crippen molar-refractivity contribution in [2.75, 3.05) is 6.54 Å². The second kappa shape index (κ2) is 4.16. The van der Waals surface area contributed by atoms with Crippen LogP contribution in [-0.2, 0) is 6.18 Å². The van der Waals surface area contributed by atoms with Crippen LogP contribution in [0.2, 0.25) is 0 Å². The van der Waals surface area contributed by atoms with Crippen molar-refractivity contribution in [2.45, 2.75) is 12.3 Å². The maximum atomic E-state index is 13.0. The van der Waals surface area contributed by atoms with Crippen molar-refractivity contribution < 1.29 is 22.7 Å². The van der Waals surface area contributed by atoms with E-state index in [0.717, 1.165) is 0 Å². The fraction of sp³-hybridized carbons (Fsp3) is 0.333. The number of hydrogen-bond acceptors (Lipinski definition) is 2. The van der Waals surface area contributed by atoms with E-state index in [9.17, 15) is 17.6 Å². The lowest BCUT2D eigenvalue weighted by Gasteiger charge is -2.12. The van der Waals surface area contributed by atoms with E-state index in [1.54, 1.807) is 0 Å². The monoisotopic (exact) mass is 223 g/mol. The number of hydrogen-bond donors (Lipinski definition) is 2. The maximum Gasteiger partial charge on any atom is 0.416 e. The molecule has 3 N–H and O–H groups in total. The molecule has 84 valence electrons. The molecule has 6 heteroatoms. The van der Waals surface area contributed by atoms with Gasteiger partial charge in [0.1, 0.15) is 5.82 Å². The van der Waals surface area contributed by atoms with E-state index in [0.29, 0.717) is 18.2 Å². The molecule has 1 aromatic rings. The second-order valence-corrected chi connectivity index (χ2v) is 2.99. The van der Waals surface area contributed by atoms with Gasteiger partial charge in [-0.2, -0.15) is 13.2 Å². The molecule has 1 atom stereocenters. The molecule has 0 saturated heterocycles. The summed E-state index contributed by atoms with van der Waals surface area (Å²) in [7, 11) is 0. The molecule has 15 heavy (non-hydrogen) atoms. The molecule has 0 spiro atoms. The Kier molecular flexibility index (Phi) is 3.31. The molecule has 1 rings (SSSR count). The van der Waals surface area contributed by atoms with Crippen LogP contribution < -0.4 is 5.73 Å². The van der Waals surface area contributed by atoms with Crippen LogP contribution in [0.15, 0.2) is 18.2 Å². The first-order valence-corrected chi connectivity index (χ1v) is 4.11. The van der Waals surface area contributed by atoms with E-state index >= 15 is 0 Å². The summed E-state index contributed by atoms with van der Waals surface area (Å²) in [6.45, 7) is -0.335. The van der Waals surface area contributed by atoms with Crippen molar-refractivity contribution in [3.63, 3.8) is 0 Å². The molecule has 0 saturated carbocycles. The minimum absolute atomic E-state index is 0.335. The van der Waals surface area contributed by atoms with Crippen molar-refractivity contribution >= 4 is 0 Å². The van der Waals surface area contributed by atoms with Crippen LogP contribution in [0.25, 0.3) is 0 Å². The number of rotatable bonds is 2. The molecule has 0 aliphatic heterocycles. The quantitative estimate of drug-likeness (QED) is 0.751. The molecular weight excluding hydrogens is 214 g/mol. The average Bonchev–Trinajstić information content (AvgIpc) is 2.15. The van der Waals surface area contributed by atoms with Gasteiger partial charge < -0.3 is 10.8 Å². The first kappa shape index (κ1) is 11.9. The highest BCUT2D eigenvalue weighted by molar-refractivity contribution is 5.28. The fourth-order valence-corrected chi connectivity index (χ4v) is 1.10. The molecule has 0 heterocycles. The number of alkyl halides is 3. The third-order valence-electron chi connectivity index (χ3n) is 1.91. The van der Waals surface area contributed by atoms with Gasteiger partial charge in [-0.1, -0.05) is 0 Å². The van der Waals surface area contributed by atoms with Crippen molar-refractivity contribution in [1.82, 2.24) is 0 Å². The van der Waals surface area contributed by atoms with E-state index < -0.39 is 29.2 Å². The number of nitrogens with two attached hydrogens (primary N) is 1. The van der Waals surface area contributed by atoms with Gasteiger partial charge in [0.05, 0.1) is 11.7 Å². The van der Waals surface area contributed by atoms with Crippen LogP contribution in [0.1, 0.15) is 17.2 Å². The van der Waals surface area contributed by atoms with E-state index in [1.807, 2.05) is 0 Å². The minimum atomic E-state index is -4.56. The Labute approximate surface area is 83.3 Å². The van der Waals surface area contributed by atoms with Gasteiger partial charge in [0.15, 0.2) is 0 Å². The molecule has 0 amide bonds. The van der Waals surface area contributed by atoms with Crippen molar-refractivity contribution in [3.8, 4) is 0 Å². The summed E-state index contributed by atoms with van der Waals surface area (Å²) in [5.41, 5.74) is 3.59. The molecule has 0 radical (unpaired) electrons. The number of halogens is 4. The van der Waals surface area contributed by atoms with Crippen molar-refractivity contribution in [3.05, 3.63) is 35.1 Å². The Morgan fingerprint density at radius 2 is 1.93 bits per heavy atom. The molecule has 0 fully saturated rings. The molecule has 0 bridgehead atoms. The lowest BCUT2D eigenvalue weighted by molar-refractivity contribution is -0.137. The zero-order valence-electron chi connectivity index (χ0n) is 7.55.